The molecular weight excluding hydrogens is 390 g/mol. The van der Waals surface area contributed by atoms with Gasteiger partial charge in [0.1, 0.15) is 6.04 Å². The molecule has 2 N–H and O–H groups in total. The molecule has 0 aliphatic carbocycles. The minimum Gasteiger partial charge on any atom is -0.357 e. The molecule has 1 aromatic heterocycles. The average molecular weight is 415 g/mol. The van der Waals surface area contributed by atoms with Crippen molar-refractivity contribution in [3.05, 3.63) is 90.3 Å². The molecule has 31 heavy (non-hydrogen) atoms. The van der Waals surface area contributed by atoms with Crippen LogP contribution in [0.15, 0.2) is 79.1 Å². The summed E-state index contributed by atoms with van der Waals surface area (Å²) in [6.07, 6.45) is 7.58. The lowest BCUT2D eigenvalue weighted by atomic mass is 10.1. The van der Waals surface area contributed by atoms with E-state index < -0.39 is 6.04 Å². The van der Waals surface area contributed by atoms with E-state index in [1.54, 1.807) is 49.8 Å². The van der Waals surface area contributed by atoms with Crippen LogP contribution >= 0.6 is 0 Å². The molecule has 3 rings (SSSR count). The van der Waals surface area contributed by atoms with Gasteiger partial charge in [0.15, 0.2) is 0 Å². The molecule has 0 unspecified atom stereocenters. The molecule has 0 aliphatic rings. The Kier molecular flexibility index (Phi) is 7.48. The lowest BCUT2D eigenvalue weighted by Gasteiger charge is -2.17. The number of nitrogens with zero attached hydrogens (tertiary/aromatic N) is 3. The van der Waals surface area contributed by atoms with Gasteiger partial charge in [-0.05, 0) is 42.3 Å². The smallest absolute Gasteiger partial charge is 0.251 e. The van der Waals surface area contributed by atoms with E-state index in [0.29, 0.717) is 17.9 Å². The molecule has 0 aliphatic heterocycles. The Morgan fingerprint density at radius 2 is 1.68 bits per heavy atom. The topological polar surface area (TPSA) is 87.2 Å². The Labute approximate surface area is 181 Å². The molecule has 1 atom stereocenters. The van der Waals surface area contributed by atoms with Gasteiger partial charge in [-0.3, -0.25) is 9.59 Å². The first-order chi connectivity index (χ1) is 15.1. The van der Waals surface area contributed by atoms with E-state index in [0.717, 1.165) is 11.3 Å². The summed E-state index contributed by atoms with van der Waals surface area (Å²) in [7, 11) is 3.46. The number of carbonyl (C=O) groups is 2. The number of aromatic nitrogens is 2. The number of benzene rings is 2. The molecule has 2 amide bonds. The maximum atomic E-state index is 12.4. The first kappa shape index (κ1) is 21.7. The fourth-order valence-corrected chi connectivity index (χ4v) is 2.97. The van der Waals surface area contributed by atoms with Crippen molar-refractivity contribution in [3.8, 4) is 0 Å². The number of likely N-dealkylation sites (N-methyl/N-ethyl adjacent to an activating group) is 1. The zero-order valence-corrected chi connectivity index (χ0v) is 17.5. The van der Waals surface area contributed by atoms with Gasteiger partial charge in [-0.25, -0.2) is 9.97 Å². The average Bonchev–Trinajstić information content (AvgIpc) is 2.84. The zero-order chi connectivity index (χ0) is 22.1. The van der Waals surface area contributed by atoms with Crippen LogP contribution < -0.4 is 15.5 Å². The summed E-state index contributed by atoms with van der Waals surface area (Å²) in [5, 5.41) is 5.39. The Bertz CT molecular complexity index is 1020. The summed E-state index contributed by atoms with van der Waals surface area (Å²) < 4.78 is 0. The second kappa shape index (κ2) is 10.7. The van der Waals surface area contributed by atoms with Gasteiger partial charge in [0.05, 0.1) is 0 Å². The maximum Gasteiger partial charge on any atom is 0.251 e. The van der Waals surface area contributed by atoms with Crippen molar-refractivity contribution >= 4 is 29.5 Å². The molecule has 0 spiro atoms. The van der Waals surface area contributed by atoms with Gasteiger partial charge < -0.3 is 15.5 Å². The van der Waals surface area contributed by atoms with Crippen LogP contribution in [0.3, 0.4) is 0 Å². The third kappa shape index (κ3) is 5.99. The molecule has 1 heterocycles. The monoisotopic (exact) mass is 415 g/mol. The Morgan fingerprint density at radius 1 is 1.00 bits per heavy atom. The van der Waals surface area contributed by atoms with Crippen molar-refractivity contribution < 1.29 is 9.59 Å². The fraction of sp³-hybridized carbons (Fsp3) is 0.167. The molecule has 2 aromatic carbocycles. The van der Waals surface area contributed by atoms with Crippen LogP contribution in [0.4, 0.5) is 11.6 Å². The Balaban J connectivity index is 1.62. The quantitative estimate of drug-likeness (QED) is 0.590. The normalized spacial score (nSPS) is 11.7. The van der Waals surface area contributed by atoms with Gasteiger partial charge in [-0.1, -0.05) is 42.5 Å². The Hall–Kier alpha value is -4.00. The highest BCUT2D eigenvalue weighted by molar-refractivity contribution is 5.97. The number of hydrogen-bond acceptors (Lipinski definition) is 5. The second-order valence-electron chi connectivity index (χ2n) is 6.84. The molecule has 0 saturated carbocycles. The number of amides is 2. The first-order valence-corrected chi connectivity index (χ1v) is 9.93. The third-order valence-electron chi connectivity index (χ3n) is 4.72. The van der Waals surface area contributed by atoms with Crippen LogP contribution in [-0.4, -0.2) is 41.9 Å². The standard InChI is InChI=1S/C24H25N5O2/c1-25-23(31)21(28-22(30)19-9-4-3-5-10-19)11-6-8-18-12-14-20(15-13-18)29(2)24-26-16-7-17-27-24/h3-10,12-17,21H,11H2,1-2H3,(H,25,31)(H,28,30)/b8-6+/t21-/m0/s1. The number of nitrogens with one attached hydrogen (secondary N) is 2. The predicted octanol–water partition coefficient (Wildman–Crippen LogP) is 3.19. The molecule has 0 fully saturated rings. The van der Waals surface area contributed by atoms with Gasteiger partial charge >= 0.3 is 0 Å². The number of hydrogen-bond donors (Lipinski definition) is 2. The SMILES string of the molecule is CNC(=O)[C@H](C/C=C/c1ccc(N(C)c2ncccn2)cc1)NC(=O)c1ccccc1. The van der Waals surface area contributed by atoms with Crippen molar-refractivity contribution in [2.24, 2.45) is 0 Å². The number of anilines is 2. The minimum absolute atomic E-state index is 0.242. The van der Waals surface area contributed by atoms with E-state index in [1.807, 2.05) is 54.4 Å². The number of rotatable bonds is 8. The van der Waals surface area contributed by atoms with Gasteiger partial charge in [0, 0.05) is 37.7 Å². The van der Waals surface area contributed by atoms with E-state index >= 15 is 0 Å². The largest absolute Gasteiger partial charge is 0.357 e. The summed E-state index contributed by atoms with van der Waals surface area (Å²) >= 11 is 0. The molecule has 3 aromatic rings. The van der Waals surface area contributed by atoms with Crippen molar-refractivity contribution in [3.63, 3.8) is 0 Å². The summed E-state index contributed by atoms with van der Waals surface area (Å²) in [6, 6.07) is 17.9. The van der Waals surface area contributed by atoms with Crippen molar-refractivity contribution in [1.29, 1.82) is 0 Å². The molecule has 0 bridgehead atoms. The van der Waals surface area contributed by atoms with Crippen molar-refractivity contribution in [1.82, 2.24) is 20.6 Å². The van der Waals surface area contributed by atoms with E-state index in [-0.39, 0.29) is 11.8 Å². The molecule has 7 nitrogen and oxygen atoms in total. The maximum absolute atomic E-state index is 12.4. The van der Waals surface area contributed by atoms with Gasteiger partial charge in [-0.15, -0.1) is 0 Å². The predicted molar refractivity (Wildman–Crippen MR) is 122 cm³/mol. The van der Waals surface area contributed by atoms with E-state index in [1.165, 1.54) is 0 Å². The van der Waals surface area contributed by atoms with Gasteiger partial charge in [-0.2, -0.15) is 0 Å². The third-order valence-corrected chi connectivity index (χ3v) is 4.72. The molecule has 158 valence electrons. The van der Waals surface area contributed by atoms with Crippen molar-refractivity contribution in [2.75, 3.05) is 19.0 Å². The summed E-state index contributed by atoms with van der Waals surface area (Å²) in [4.78, 5) is 35.0. The van der Waals surface area contributed by atoms with Gasteiger partial charge in [0.25, 0.3) is 5.91 Å². The van der Waals surface area contributed by atoms with E-state index in [2.05, 4.69) is 20.6 Å². The first-order valence-electron chi connectivity index (χ1n) is 9.93. The molecular formula is C24H25N5O2. The summed E-state index contributed by atoms with van der Waals surface area (Å²) in [5.74, 6) is 0.0975. The highest BCUT2D eigenvalue weighted by atomic mass is 16.2. The van der Waals surface area contributed by atoms with Crippen LogP contribution in [0.25, 0.3) is 6.08 Å². The van der Waals surface area contributed by atoms with Gasteiger partial charge in [0.2, 0.25) is 11.9 Å². The number of carbonyl (C=O) groups excluding carboxylic acids is 2. The van der Waals surface area contributed by atoms with Crippen LogP contribution in [-0.2, 0) is 4.79 Å². The van der Waals surface area contributed by atoms with Crippen LogP contribution in [0.2, 0.25) is 0 Å². The van der Waals surface area contributed by atoms with Crippen molar-refractivity contribution in [2.45, 2.75) is 12.5 Å². The molecule has 0 saturated heterocycles. The Morgan fingerprint density at radius 3 is 2.32 bits per heavy atom. The van der Waals surface area contributed by atoms with Crippen LogP contribution in [0, 0.1) is 0 Å². The molecule has 0 radical (unpaired) electrons. The van der Waals surface area contributed by atoms with E-state index in [9.17, 15) is 9.59 Å². The van der Waals surface area contributed by atoms with E-state index in [4.69, 9.17) is 0 Å². The second-order valence-corrected chi connectivity index (χ2v) is 6.84. The zero-order valence-electron chi connectivity index (χ0n) is 17.5. The minimum atomic E-state index is -0.658. The highest BCUT2D eigenvalue weighted by Gasteiger charge is 2.19. The summed E-state index contributed by atoms with van der Waals surface area (Å²) in [6.45, 7) is 0. The fourth-order valence-electron chi connectivity index (χ4n) is 2.97. The lowest BCUT2D eigenvalue weighted by molar-refractivity contribution is -0.122. The van der Waals surface area contributed by atoms with Crippen LogP contribution in [0.5, 0.6) is 0 Å². The summed E-state index contributed by atoms with van der Waals surface area (Å²) in [5.41, 5.74) is 2.46. The van der Waals surface area contributed by atoms with Crippen LogP contribution in [0.1, 0.15) is 22.3 Å². The molecule has 7 heteroatoms. The lowest BCUT2D eigenvalue weighted by Crippen LogP contribution is -2.45. The highest BCUT2D eigenvalue weighted by Crippen LogP contribution is 2.20.